The number of hydrogen-bond donors (Lipinski definition) is 1. The maximum Gasteiger partial charge on any atom is 0.243 e. The highest BCUT2D eigenvalue weighted by molar-refractivity contribution is 6.30. The zero-order valence-electron chi connectivity index (χ0n) is 19.3. The molecule has 4 nitrogen and oxygen atoms in total. The van der Waals surface area contributed by atoms with Crippen molar-refractivity contribution in [2.75, 3.05) is 6.54 Å². The van der Waals surface area contributed by atoms with Crippen molar-refractivity contribution in [3.05, 3.63) is 106 Å². The summed E-state index contributed by atoms with van der Waals surface area (Å²) in [6.07, 6.45) is 1.40. The third-order valence-corrected chi connectivity index (χ3v) is 5.85. The minimum absolute atomic E-state index is 0.0530. The summed E-state index contributed by atoms with van der Waals surface area (Å²) in [5, 5.41) is 3.53. The first-order valence-corrected chi connectivity index (χ1v) is 11.7. The van der Waals surface area contributed by atoms with Gasteiger partial charge in [-0.25, -0.2) is 0 Å². The van der Waals surface area contributed by atoms with Crippen molar-refractivity contribution in [3.63, 3.8) is 0 Å². The monoisotopic (exact) mass is 462 g/mol. The van der Waals surface area contributed by atoms with E-state index in [1.54, 1.807) is 11.0 Å². The lowest BCUT2D eigenvalue weighted by Gasteiger charge is -2.31. The van der Waals surface area contributed by atoms with Crippen molar-refractivity contribution in [3.8, 4) is 0 Å². The Balaban J connectivity index is 1.88. The average Bonchev–Trinajstić information content (AvgIpc) is 2.81. The summed E-state index contributed by atoms with van der Waals surface area (Å²) < 4.78 is 0. The van der Waals surface area contributed by atoms with E-state index in [1.807, 2.05) is 62.4 Å². The molecule has 0 aromatic heterocycles. The molecule has 1 atom stereocenters. The van der Waals surface area contributed by atoms with Crippen molar-refractivity contribution < 1.29 is 9.59 Å². The topological polar surface area (TPSA) is 49.4 Å². The van der Waals surface area contributed by atoms with Crippen LogP contribution in [-0.4, -0.2) is 29.3 Å². The van der Waals surface area contributed by atoms with Crippen LogP contribution in [0, 0.1) is 6.92 Å². The van der Waals surface area contributed by atoms with Gasteiger partial charge >= 0.3 is 0 Å². The van der Waals surface area contributed by atoms with E-state index in [-0.39, 0.29) is 11.8 Å². The van der Waals surface area contributed by atoms with Crippen LogP contribution in [0.15, 0.2) is 78.9 Å². The van der Waals surface area contributed by atoms with Crippen LogP contribution in [0.25, 0.3) is 0 Å². The summed E-state index contributed by atoms with van der Waals surface area (Å²) >= 11 is 6.20. The van der Waals surface area contributed by atoms with Gasteiger partial charge in [0.1, 0.15) is 6.04 Å². The molecule has 33 heavy (non-hydrogen) atoms. The van der Waals surface area contributed by atoms with Crippen LogP contribution in [0.2, 0.25) is 5.02 Å². The molecule has 2 amide bonds. The molecule has 0 fully saturated rings. The molecule has 3 rings (SSSR count). The van der Waals surface area contributed by atoms with Gasteiger partial charge in [0.05, 0.1) is 0 Å². The lowest BCUT2D eigenvalue weighted by Crippen LogP contribution is -2.50. The Morgan fingerprint density at radius 1 is 0.909 bits per heavy atom. The number of hydrogen-bond acceptors (Lipinski definition) is 2. The van der Waals surface area contributed by atoms with E-state index in [9.17, 15) is 9.59 Å². The van der Waals surface area contributed by atoms with Crippen molar-refractivity contribution in [1.29, 1.82) is 0 Å². The van der Waals surface area contributed by atoms with E-state index in [0.717, 1.165) is 16.7 Å². The number of carbonyl (C=O) groups is 2. The quantitative estimate of drug-likeness (QED) is 0.441. The van der Waals surface area contributed by atoms with Crippen molar-refractivity contribution >= 4 is 23.4 Å². The number of benzene rings is 3. The molecule has 1 N–H and O–H groups in total. The molecule has 0 unspecified atom stereocenters. The molecule has 0 aliphatic carbocycles. The number of nitrogens with zero attached hydrogens (tertiary/aromatic N) is 1. The Morgan fingerprint density at radius 3 is 2.27 bits per heavy atom. The Kier molecular flexibility index (Phi) is 9.08. The van der Waals surface area contributed by atoms with Gasteiger partial charge in [0.2, 0.25) is 11.8 Å². The van der Waals surface area contributed by atoms with E-state index in [0.29, 0.717) is 37.4 Å². The predicted molar refractivity (Wildman–Crippen MR) is 134 cm³/mol. The SMILES string of the molecule is CCNC(=O)[C@@H](Cc1ccccc1)N(Cc1cccc(Cl)c1)C(=O)CCc1ccc(C)cc1. The molecule has 0 spiro atoms. The van der Waals surface area contributed by atoms with Crippen LogP contribution in [0.5, 0.6) is 0 Å². The fourth-order valence-corrected chi connectivity index (χ4v) is 4.04. The molecule has 5 heteroatoms. The highest BCUT2D eigenvalue weighted by atomic mass is 35.5. The zero-order valence-corrected chi connectivity index (χ0v) is 20.0. The van der Waals surface area contributed by atoms with Crippen molar-refractivity contribution in [2.24, 2.45) is 0 Å². The van der Waals surface area contributed by atoms with E-state index in [1.165, 1.54) is 5.56 Å². The molecule has 0 saturated heterocycles. The molecular weight excluding hydrogens is 432 g/mol. The number of rotatable bonds is 10. The Labute approximate surface area is 201 Å². The fourth-order valence-electron chi connectivity index (χ4n) is 3.83. The summed E-state index contributed by atoms with van der Waals surface area (Å²) in [6.45, 7) is 4.76. The molecule has 0 aliphatic heterocycles. The molecule has 0 radical (unpaired) electrons. The number of aryl methyl sites for hydroxylation is 2. The van der Waals surface area contributed by atoms with Crippen LogP contribution < -0.4 is 5.32 Å². The molecular formula is C28H31ClN2O2. The molecule has 172 valence electrons. The molecule has 0 bridgehead atoms. The second-order valence-electron chi connectivity index (χ2n) is 8.24. The number of halogens is 1. The van der Waals surface area contributed by atoms with Gasteiger partial charge < -0.3 is 10.2 Å². The first-order chi connectivity index (χ1) is 16.0. The van der Waals surface area contributed by atoms with Crippen LogP contribution >= 0.6 is 11.6 Å². The van der Waals surface area contributed by atoms with Gasteiger partial charge in [0, 0.05) is 31.0 Å². The molecule has 3 aromatic rings. The zero-order chi connectivity index (χ0) is 23.6. The third kappa shape index (κ3) is 7.47. The van der Waals surface area contributed by atoms with Gasteiger partial charge in [-0.15, -0.1) is 0 Å². The summed E-state index contributed by atoms with van der Waals surface area (Å²) in [4.78, 5) is 28.4. The maximum atomic E-state index is 13.5. The van der Waals surface area contributed by atoms with E-state index in [4.69, 9.17) is 11.6 Å². The minimum atomic E-state index is -0.614. The fraction of sp³-hybridized carbons (Fsp3) is 0.286. The first kappa shape index (κ1) is 24.5. The van der Waals surface area contributed by atoms with Gasteiger partial charge in [-0.05, 0) is 49.1 Å². The van der Waals surface area contributed by atoms with Gasteiger partial charge in [-0.2, -0.15) is 0 Å². The number of carbonyl (C=O) groups excluding carboxylic acids is 2. The van der Waals surface area contributed by atoms with Crippen LogP contribution in [0.3, 0.4) is 0 Å². The largest absolute Gasteiger partial charge is 0.355 e. The Bertz CT molecular complexity index is 1050. The van der Waals surface area contributed by atoms with E-state index < -0.39 is 6.04 Å². The van der Waals surface area contributed by atoms with Gasteiger partial charge in [-0.3, -0.25) is 9.59 Å². The van der Waals surface area contributed by atoms with E-state index >= 15 is 0 Å². The highest BCUT2D eigenvalue weighted by Crippen LogP contribution is 2.19. The minimum Gasteiger partial charge on any atom is -0.355 e. The third-order valence-electron chi connectivity index (χ3n) is 5.61. The Hall–Kier alpha value is -3.11. The summed E-state index contributed by atoms with van der Waals surface area (Å²) in [5.74, 6) is -0.199. The van der Waals surface area contributed by atoms with Crippen molar-refractivity contribution in [1.82, 2.24) is 10.2 Å². The summed E-state index contributed by atoms with van der Waals surface area (Å²) in [6, 6.07) is 24.9. The number of amides is 2. The lowest BCUT2D eigenvalue weighted by molar-refractivity contribution is -0.141. The highest BCUT2D eigenvalue weighted by Gasteiger charge is 2.29. The normalized spacial score (nSPS) is 11.6. The average molecular weight is 463 g/mol. The number of nitrogens with one attached hydrogen (secondary N) is 1. The first-order valence-electron chi connectivity index (χ1n) is 11.4. The summed E-state index contributed by atoms with van der Waals surface area (Å²) in [7, 11) is 0. The van der Waals surface area contributed by atoms with E-state index in [2.05, 4.69) is 29.6 Å². The maximum absolute atomic E-state index is 13.5. The van der Waals surface area contributed by atoms with Gasteiger partial charge in [0.15, 0.2) is 0 Å². The predicted octanol–water partition coefficient (Wildman–Crippen LogP) is 5.36. The smallest absolute Gasteiger partial charge is 0.243 e. The lowest BCUT2D eigenvalue weighted by atomic mass is 10.0. The van der Waals surface area contributed by atoms with Gasteiger partial charge in [0.25, 0.3) is 0 Å². The van der Waals surface area contributed by atoms with Crippen molar-refractivity contribution in [2.45, 2.75) is 45.7 Å². The Morgan fingerprint density at radius 2 is 1.61 bits per heavy atom. The van der Waals surface area contributed by atoms with Gasteiger partial charge in [-0.1, -0.05) is 83.9 Å². The summed E-state index contributed by atoms with van der Waals surface area (Å²) in [5.41, 5.74) is 4.20. The molecule has 0 saturated carbocycles. The standard InChI is InChI=1S/C28H31ClN2O2/c1-3-30-28(33)26(19-23-8-5-4-6-9-23)31(20-24-10-7-11-25(29)18-24)27(32)17-16-22-14-12-21(2)13-15-22/h4-15,18,26H,3,16-17,19-20H2,1-2H3,(H,30,33)/t26-/m1/s1. The number of likely N-dealkylation sites (N-methyl/N-ethyl adjacent to an activating group) is 1. The molecule has 3 aromatic carbocycles. The second-order valence-corrected chi connectivity index (χ2v) is 8.67. The second kappa shape index (κ2) is 12.2. The van der Waals surface area contributed by atoms with Crippen LogP contribution in [0.4, 0.5) is 0 Å². The van der Waals surface area contributed by atoms with Crippen LogP contribution in [-0.2, 0) is 29.0 Å². The van der Waals surface area contributed by atoms with Crippen LogP contribution in [0.1, 0.15) is 35.6 Å². The molecule has 0 heterocycles. The molecule has 0 aliphatic rings.